The Morgan fingerprint density at radius 1 is 1.12 bits per heavy atom. The fraction of sp³-hybridized carbons (Fsp3) is 0.375. The van der Waals surface area contributed by atoms with Crippen LogP contribution < -0.4 is 10.6 Å². The van der Waals surface area contributed by atoms with Crippen LogP contribution in [-0.4, -0.2) is 43.6 Å². The van der Waals surface area contributed by atoms with Gasteiger partial charge in [-0.2, -0.15) is 13.2 Å². The molecule has 0 aliphatic carbocycles. The molecule has 2 aromatic carbocycles. The largest absolute Gasteiger partial charge is 0.416 e. The zero-order chi connectivity index (χ0) is 23.0. The molecule has 0 amide bonds. The Balaban J connectivity index is 1.42. The van der Waals surface area contributed by atoms with E-state index in [2.05, 4.69) is 32.4 Å². The number of likely N-dealkylation sites (tertiary alicyclic amines) is 1. The number of hydrogen-bond acceptors (Lipinski definition) is 2. The van der Waals surface area contributed by atoms with E-state index in [1.807, 2.05) is 12.1 Å². The molecule has 4 nitrogen and oxygen atoms in total. The quantitative estimate of drug-likeness (QED) is 0.323. The first kappa shape index (κ1) is 23.6. The molecule has 0 aromatic heterocycles. The van der Waals surface area contributed by atoms with Crippen LogP contribution in [0.2, 0.25) is 0 Å². The van der Waals surface area contributed by atoms with Crippen molar-refractivity contribution in [2.75, 3.05) is 26.7 Å². The third-order valence-electron chi connectivity index (χ3n) is 5.24. The van der Waals surface area contributed by atoms with Crippen molar-refractivity contribution in [3.8, 4) is 11.8 Å². The summed E-state index contributed by atoms with van der Waals surface area (Å²) in [5.41, 5.74) is 0.702. The Morgan fingerprint density at radius 2 is 1.84 bits per heavy atom. The second-order valence-electron chi connectivity index (χ2n) is 7.63. The van der Waals surface area contributed by atoms with Gasteiger partial charge in [0.2, 0.25) is 0 Å². The molecular weight excluding hydrogens is 420 g/mol. The standard InChI is InChI=1S/C24H26F4N4/c1-29-23(30-13-3-5-18-4-2-6-20(16-18)24(26,27)28)31-22-11-14-32(15-12-22)17-19-7-9-21(25)10-8-19/h2,4,6-10,16,22H,11-15,17H2,1H3,(H2,29,30,31). The predicted molar refractivity (Wildman–Crippen MR) is 118 cm³/mol. The fourth-order valence-corrected chi connectivity index (χ4v) is 3.52. The first-order valence-electron chi connectivity index (χ1n) is 10.4. The minimum Gasteiger partial charge on any atom is -0.354 e. The van der Waals surface area contributed by atoms with Crippen LogP contribution in [0.25, 0.3) is 0 Å². The Kier molecular flexibility index (Phi) is 8.12. The molecule has 1 fully saturated rings. The highest BCUT2D eigenvalue weighted by Crippen LogP contribution is 2.29. The van der Waals surface area contributed by atoms with Crippen molar-refractivity contribution in [2.24, 2.45) is 4.99 Å². The van der Waals surface area contributed by atoms with Crippen LogP contribution in [0, 0.1) is 17.7 Å². The van der Waals surface area contributed by atoms with E-state index in [-0.39, 0.29) is 18.4 Å². The van der Waals surface area contributed by atoms with Gasteiger partial charge in [0.25, 0.3) is 0 Å². The molecule has 0 bridgehead atoms. The summed E-state index contributed by atoms with van der Waals surface area (Å²) < 4.78 is 51.4. The summed E-state index contributed by atoms with van der Waals surface area (Å²) in [5.74, 6) is 5.97. The van der Waals surface area contributed by atoms with E-state index < -0.39 is 11.7 Å². The SMILES string of the molecule is CN=C(NCC#Cc1cccc(C(F)(F)F)c1)NC1CCN(Cc2ccc(F)cc2)CC1. The maximum absolute atomic E-state index is 13.0. The number of hydrogen-bond donors (Lipinski definition) is 2. The van der Waals surface area contributed by atoms with Gasteiger partial charge in [-0.1, -0.05) is 30.0 Å². The van der Waals surface area contributed by atoms with Gasteiger partial charge < -0.3 is 10.6 Å². The number of alkyl halides is 3. The number of nitrogens with zero attached hydrogens (tertiary/aromatic N) is 2. The van der Waals surface area contributed by atoms with Crippen molar-refractivity contribution < 1.29 is 17.6 Å². The second-order valence-corrected chi connectivity index (χ2v) is 7.63. The number of aliphatic imine (C=N–C) groups is 1. The van der Waals surface area contributed by atoms with Gasteiger partial charge in [0.1, 0.15) is 5.82 Å². The summed E-state index contributed by atoms with van der Waals surface area (Å²) >= 11 is 0. The normalized spacial score (nSPS) is 15.7. The highest BCUT2D eigenvalue weighted by Gasteiger charge is 2.30. The third kappa shape index (κ3) is 7.27. The molecule has 0 atom stereocenters. The molecule has 2 N–H and O–H groups in total. The van der Waals surface area contributed by atoms with E-state index in [9.17, 15) is 17.6 Å². The van der Waals surface area contributed by atoms with Gasteiger partial charge in [-0.25, -0.2) is 4.39 Å². The summed E-state index contributed by atoms with van der Waals surface area (Å²) in [5, 5.41) is 6.45. The van der Waals surface area contributed by atoms with Gasteiger partial charge in [0.05, 0.1) is 12.1 Å². The first-order chi connectivity index (χ1) is 15.3. The van der Waals surface area contributed by atoms with E-state index in [1.165, 1.54) is 18.2 Å². The average Bonchev–Trinajstić information content (AvgIpc) is 2.78. The van der Waals surface area contributed by atoms with E-state index in [0.717, 1.165) is 50.2 Å². The van der Waals surface area contributed by atoms with Crippen molar-refractivity contribution in [3.05, 3.63) is 71.0 Å². The Morgan fingerprint density at radius 3 is 2.50 bits per heavy atom. The van der Waals surface area contributed by atoms with Crippen molar-refractivity contribution in [3.63, 3.8) is 0 Å². The zero-order valence-corrected chi connectivity index (χ0v) is 17.8. The van der Waals surface area contributed by atoms with Crippen LogP contribution in [-0.2, 0) is 12.7 Å². The summed E-state index contributed by atoms with van der Waals surface area (Å²) in [6.07, 6.45) is -2.49. The highest BCUT2D eigenvalue weighted by atomic mass is 19.4. The van der Waals surface area contributed by atoms with Crippen LogP contribution >= 0.6 is 0 Å². The van der Waals surface area contributed by atoms with E-state index in [1.54, 1.807) is 13.1 Å². The van der Waals surface area contributed by atoms with E-state index in [0.29, 0.717) is 11.5 Å². The molecule has 1 aliphatic rings. The average molecular weight is 446 g/mol. The molecule has 0 saturated carbocycles. The monoisotopic (exact) mass is 446 g/mol. The lowest BCUT2D eigenvalue weighted by atomic mass is 10.0. The minimum atomic E-state index is -4.38. The van der Waals surface area contributed by atoms with Crippen molar-refractivity contribution in [1.29, 1.82) is 0 Å². The summed E-state index contributed by atoms with van der Waals surface area (Å²) in [7, 11) is 1.67. The number of benzene rings is 2. The lowest BCUT2D eigenvalue weighted by Gasteiger charge is -2.33. The highest BCUT2D eigenvalue weighted by molar-refractivity contribution is 5.80. The predicted octanol–water partition coefficient (Wildman–Crippen LogP) is 4.03. The van der Waals surface area contributed by atoms with Crippen LogP contribution in [0.15, 0.2) is 53.5 Å². The molecule has 8 heteroatoms. The summed E-state index contributed by atoms with van der Waals surface area (Å²) in [6, 6.07) is 11.8. The fourth-order valence-electron chi connectivity index (χ4n) is 3.52. The molecule has 3 rings (SSSR count). The molecule has 170 valence electrons. The molecule has 0 radical (unpaired) electrons. The van der Waals surface area contributed by atoms with Gasteiger partial charge in [-0.15, -0.1) is 0 Å². The Labute approximate surface area is 185 Å². The molecule has 0 spiro atoms. The molecule has 32 heavy (non-hydrogen) atoms. The molecule has 2 aromatic rings. The zero-order valence-electron chi connectivity index (χ0n) is 17.8. The van der Waals surface area contributed by atoms with Crippen molar-refractivity contribution >= 4 is 5.96 Å². The lowest BCUT2D eigenvalue weighted by Crippen LogP contribution is -2.48. The van der Waals surface area contributed by atoms with Gasteiger partial charge in [-0.05, 0) is 48.7 Å². The Hall–Kier alpha value is -3.05. The van der Waals surface area contributed by atoms with Gasteiger partial charge in [0.15, 0.2) is 5.96 Å². The maximum Gasteiger partial charge on any atom is 0.416 e. The molecule has 0 unspecified atom stereocenters. The summed E-state index contributed by atoms with van der Waals surface area (Å²) in [4.78, 5) is 6.53. The molecule has 1 aliphatic heterocycles. The minimum absolute atomic E-state index is 0.227. The number of rotatable bonds is 4. The molecule has 1 heterocycles. The second kappa shape index (κ2) is 11.0. The van der Waals surface area contributed by atoms with Crippen molar-refractivity contribution in [1.82, 2.24) is 15.5 Å². The van der Waals surface area contributed by atoms with Gasteiger partial charge >= 0.3 is 6.18 Å². The van der Waals surface area contributed by atoms with Crippen LogP contribution in [0.4, 0.5) is 17.6 Å². The molecular formula is C24H26F4N4. The smallest absolute Gasteiger partial charge is 0.354 e. The van der Waals surface area contributed by atoms with Crippen LogP contribution in [0.1, 0.15) is 29.5 Å². The summed E-state index contributed by atoms with van der Waals surface area (Å²) in [6.45, 7) is 2.90. The van der Waals surface area contributed by atoms with Gasteiger partial charge in [-0.3, -0.25) is 9.89 Å². The third-order valence-corrected chi connectivity index (χ3v) is 5.24. The maximum atomic E-state index is 13.0. The van der Waals surface area contributed by atoms with Crippen molar-refractivity contribution in [2.45, 2.75) is 31.6 Å². The van der Waals surface area contributed by atoms with Gasteiger partial charge in [0, 0.05) is 38.3 Å². The van der Waals surface area contributed by atoms with E-state index in [4.69, 9.17) is 0 Å². The first-order valence-corrected chi connectivity index (χ1v) is 10.4. The van der Waals surface area contributed by atoms with Crippen LogP contribution in [0.5, 0.6) is 0 Å². The molecule has 1 saturated heterocycles. The number of guanidine groups is 1. The van der Waals surface area contributed by atoms with Crippen LogP contribution in [0.3, 0.4) is 0 Å². The number of nitrogens with one attached hydrogen (secondary N) is 2. The Bertz CT molecular complexity index is 966. The topological polar surface area (TPSA) is 39.7 Å². The lowest BCUT2D eigenvalue weighted by molar-refractivity contribution is -0.137. The number of piperidine rings is 1. The van der Waals surface area contributed by atoms with E-state index >= 15 is 0 Å². The number of halogens is 4.